The molecule has 0 aliphatic carbocycles. The van der Waals surface area contributed by atoms with Crippen molar-refractivity contribution in [3.8, 4) is 0 Å². The highest BCUT2D eigenvalue weighted by Crippen LogP contribution is 2.13. The molecule has 1 atom stereocenters. The molecule has 0 saturated heterocycles. The molecule has 0 bridgehead atoms. The van der Waals surface area contributed by atoms with Gasteiger partial charge in [0, 0.05) is 0 Å². The SMILES string of the molecule is CCCCCCCCCCCCCCCCCCN[C@@H](CC(C)C)C(N)=O. The lowest BCUT2D eigenvalue weighted by Gasteiger charge is -2.17. The molecule has 162 valence electrons. The Hall–Kier alpha value is -0.570. The first kappa shape index (κ1) is 26.4. The Bertz CT molecular complexity index is 318. The molecule has 0 unspecified atom stereocenters. The van der Waals surface area contributed by atoms with Crippen LogP contribution in [-0.2, 0) is 4.79 Å². The topological polar surface area (TPSA) is 55.1 Å². The maximum Gasteiger partial charge on any atom is 0.234 e. The van der Waals surface area contributed by atoms with Crippen molar-refractivity contribution < 1.29 is 4.79 Å². The van der Waals surface area contributed by atoms with Gasteiger partial charge in [0.25, 0.3) is 0 Å². The van der Waals surface area contributed by atoms with E-state index in [9.17, 15) is 4.79 Å². The molecule has 3 nitrogen and oxygen atoms in total. The van der Waals surface area contributed by atoms with Crippen molar-refractivity contribution in [2.24, 2.45) is 11.7 Å². The Morgan fingerprint density at radius 1 is 0.704 bits per heavy atom. The Morgan fingerprint density at radius 3 is 1.41 bits per heavy atom. The molecule has 0 aromatic heterocycles. The quantitative estimate of drug-likeness (QED) is 0.216. The van der Waals surface area contributed by atoms with Gasteiger partial charge in [-0.1, -0.05) is 117 Å². The minimum Gasteiger partial charge on any atom is -0.368 e. The number of hydrogen-bond donors (Lipinski definition) is 2. The fourth-order valence-corrected chi connectivity index (χ4v) is 3.72. The normalized spacial score (nSPS) is 12.6. The van der Waals surface area contributed by atoms with E-state index in [0.717, 1.165) is 19.4 Å². The van der Waals surface area contributed by atoms with E-state index in [1.165, 1.54) is 96.3 Å². The van der Waals surface area contributed by atoms with Crippen LogP contribution in [0.3, 0.4) is 0 Å². The summed E-state index contributed by atoms with van der Waals surface area (Å²) < 4.78 is 0. The van der Waals surface area contributed by atoms with Crippen LogP contribution >= 0.6 is 0 Å². The Labute approximate surface area is 170 Å². The van der Waals surface area contributed by atoms with Gasteiger partial charge in [-0.15, -0.1) is 0 Å². The molecule has 0 aromatic rings. The molecular weight excluding hydrogens is 332 g/mol. The second-order valence-electron chi connectivity index (χ2n) is 8.84. The number of nitrogens with two attached hydrogens (primary N) is 1. The lowest BCUT2D eigenvalue weighted by Crippen LogP contribution is -2.42. The van der Waals surface area contributed by atoms with Crippen LogP contribution in [0, 0.1) is 5.92 Å². The van der Waals surface area contributed by atoms with Gasteiger partial charge < -0.3 is 11.1 Å². The van der Waals surface area contributed by atoms with Crippen LogP contribution in [0.4, 0.5) is 0 Å². The van der Waals surface area contributed by atoms with Gasteiger partial charge in [0.15, 0.2) is 0 Å². The van der Waals surface area contributed by atoms with E-state index in [4.69, 9.17) is 5.73 Å². The molecule has 1 amide bonds. The second-order valence-corrected chi connectivity index (χ2v) is 8.84. The number of carbonyl (C=O) groups is 1. The number of nitrogens with one attached hydrogen (secondary N) is 1. The summed E-state index contributed by atoms with van der Waals surface area (Å²) in [6, 6.07) is -0.152. The predicted octanol–water partition coefficient (Wildman–Crippen LogP) is 6.74. The Morgan fingerprint density at radius 2 is 1.07 bits per heavy atom. The minimum atomic E-state index is -0.208. The molecule has 0 aliphatic rings. The first-order valence-electron chi connectivity index (χ1n) is 12.1. The lowest BCUT2D eigenvalue weighted by molar-refractivity contribution is -0.120. The van der Waals surface area contributed by atoms with Crippen molar-refractivity contribution >= 4 is 5.91 Å². The van der Waals surface area contributed by atoms with Gasteiger partial charge in [0.1, 0.15) is 0 Å². The third-order valence-corrected chi connectivity index (χ3v) is 5.47. The average molecular weight is 383 g/mol. The summed E-state index contributed by atoms with van der Waals surface area (Å²) in [4.78, 5) is 11.4. The zero-order valence-electron chi connectivity index (χ0n) is 18.9. The molecule has 0 radical (unpaired) electrons. The smallest absolute Gasteiger partial charge is 0.234 e. The fourth-order valence-electron chi connectivity index (χ4n) is 3.72. The highest BCUT2D eigenvalue weighted by molar-refractivity contribution is 5.79. The van der Waals surface area contributed by atoms with Crippen LogP contribution in [0.5, 0.6) is 0 Å². The van der Waals surface area contributed by atoms with Crippen LogP contribution < -0.4 is 11.1 Å². The Kier molecular flexibility index (Phi) is 19.7. The van der Waals surface area contributed by atoms with E-state index < -0.39 is 0 Å². The number of rotatable bonds is 21. The number of primary amides is 1. The largest absolute Gasteiger partial charge is 0.368 e. The van der Waals surface area contributed by atoms with Crippen LogP contribution in [-0.4, -0.2) is 18.5 Å². The van der Waals surface area contributed by atoms with Crippen LogP contribution in [0.15, 0.2) is 0 Å². The van der Waals surface area contributed by atoms with E-state index in [2.05, 4.69) is 26.1 Å². The molecule has 0 aliphatic heterocycles. The van der Waals surface area contributed by atoms with Gasteiger partial charge in [0.05, 0.1) is 6.04 Å². The zero-order chi connectivity index (χ0) is 20.2. The summed E-state index contributed by atoms with van der Waals surface area (Å²) in [6.45, 7) is 7.46. The van der Waals surface area contributed by atoms with E-state index in [1.807, 2.05) is 0 Å². The maximum atomic E-state index is 11.4. The van der Waals surface area contributed by atoms with Gasteiger partial charge in [-0.05, 0) is 25.3 Å². The van der Waals surface area contributed by atoms with Crippen LogP contribution in [0.1, 0.15) is 130 Å². The lowest BCUT2D eigenvalue weighted by atomic mass is 10.0. The van der Waals surface area contributed by atoms with Crippen LogP contribution in [0.25, 0.3) is 0 Å². The standard InChI is InChI=1S/C24H50N2O/c1-4-5-6-7-8-9-10-11-12-13-14-15-16-17-18-19-20-26-23(24(25)27)21-22(2)3/h22-23,26H,4-21H2,1-3H3,(H2,25,27)/t23-/m0/s1. The first-order valence-corrected chi connectivity index (χ1v) is 12.1. The average Bonchev–Trinajstić information content (AvgIpc) is 2.62. The van der Waals surface area contributed by atoms with Crippen LogP contribution in [0.2, 0.25) is 0 Å². The highest BCUT2D eigenvalue weighted by Gasteiger charge is 2.15. The maximum absolute atomic E-state index is 11.4. The van der Waals surface area contributed by atoms with Gasteiger partial charge in [-0.2, -0.15) is 0 Å². The second kappa shape index (κ2) is 20.2. The molecule has 0 fully saturated rings. The first-order chi connectivity index (χ1) is 13.1. The minimum absolute atomic E-state index is 0.152. The molecule has 0 saturated carbocycles. The third kappa shape index (κ3) is 20.0. The molecule has 0 spiro atoms. The molecule has 0 aromatic carbocycles. The van der Waals surface area contributed by atoms with Crippen molar-refractivity contribution in [2.45, 2.75) is 136 Å². The molecule has 0 rings (SSSR count). The number of amides is 1. The number of hydrogen-bond acceptors (Lipinski definition) is 2. The fraction of sp³-hybridized carbons (Fsp3) is 0.958. The van der Waals surface area contributed by atoms with Crippen molar-refractivity contribution in [3.63, 3.8) is 0 Å². The van der Waals surface area contributed by atoms with Gasteiger partial charge in [0.2, 0.25) is 5.91 Å². The summed E-state index contributed by atoms with van der Waals surface area (Å²) in [5.41, 5.74) is 5.46. The van der Waals surface area contributed by atoms with E-state index in [0.29, 0.717) is 5.92 Å². The van der Waals surface area contributed by atoms with Crippen molar-refractivity contribution in [3.05, 3.63) is 0 Å². The number of unbranched alkanes of at least 4 members (excludes halogenated alkanes) is 15. The van der Waals surface area contributed by atoms with E-state index in [1.54, 1.807) is 0 Å². The predicted molar refractivity (Wildman–Crippen MR) is 120 cm³/mol. The zero-order valence-corrected chi connectivity index (χ0v) is 18.9. The summed E-state index contributed by atoms with van der Waals surface area (Å²) in [7, 11) is 0. The highest BCUT2D eigenvalue weighted by atomic mass is 16.1. The number of carbonyl (C=O) groups excluding carboxylic acids is 1. The van der Waals surface area contributed by atoms with Crippen molar-refractivity contribution in [1.29, 1.82) is 0 Å². The summed E-state index contributed by atoms with van der Waals surface area (Å²) in [5.74, 6) is 0.293. The third-order valence-electron chi connectivity index (χ3n) is 5.47. The molecular formula is C24H50N2O. The summed E-state index contributed by atoms with van der Waals surface area (Å²) >= 11 is 0. The van der Waals surface area contributed by atoms with Crippen molar-refractivity contribution in [1.82, 2.24) is 5.32 Å². The summed E-state index contributed by atoms with van der Waals surface area (Å²) in [5, 5.41) is 3.33. The molecule has 3 N–H and O–H groups in total. The molecule has 0 heterocycles. The van der Waals surface area contributed by atoms with Gasteiger partial charge in [-0.3, -0.25) is 4.79 Å². The molecule has 3 heteroatoms. The van der Waals surface area contributed by atoms with Gasteiger partial charge in [-0.25, -0.2) is 0 Å². The molecule has 27 heavy (non-hydrogen) atoms. The van der Waals surface area contributed by atoms with E-state index >= 15 is 0 Å². The summed E-state index contributed by atoms with van der Waals surface area (Å²) in [6.07, 6.45) is 23.1. The van der Waals surface area contributed by atoms with Crippen molar-refractivity contribution in [2.75, 3.05) is 6.54 Å². The van der Waals surface area contributed by atoms with E-state index in [-0.39, 0.29) is 11.9 Å². The van der Waals surface area contributed by atoms with Gasteiger partial charge >= 0.3 is 0 Å². The Balaban J connectivity index is 3.23. The monoisotopic (exact) mass is 382 g/mol.